The highest BCUT2D eigenvalue weighted by molar-refractivity contribution is 6.05. The van der Waals surface area contributed by atoms with Crippen molar-refractivity contribution in [2.75, 3.05) is 5.32 Å². The minimum Gasteiger partial charge on any atom is -0.381 e. The number of fused-ring (bicyclic) bond motifs is 1. The molecule has 2 heterocycles. The number of H-pyrrole nitrogens is 1. The third kappa shape index (κ3) is 3.24. The van der Waals surface area contributed by atoms with Crippen LogP contribution in [0, 0.1) is 0 Å². The van der Waals surface area contributed by atoms with Gasteiger partial charge in [-0.25, -0.2) is 4.98 Å². The molecule has 0 aliphatic heterocycles. The topological polar surface area (TPSA) is 113 Å². The van der Waals surface area contributed by atoms with E-state index >= 15 is 0 Å². The van der Waals surface area contributed by atoms with E-state index < -0.39 is 5.91 Å². The van der Waals surface area contributed by atoms with Crippen LogP contribution in [-0.2, 0) is 4.79 Å². The van der Waals surface area contributed by atoms with Crippen molar-refractivity contribution in [3.63, 3.8) is 0 Å². The first kappa shape index (κ1) is 16.0. The van der Waals surface area contributed by atoms with Crippen molar-refractivity contribution in [1.82, 2.24) is 15.3 Å². The molecule has 0 saturated heterocycles. The van der Waals surface area contributed by atoms with Crippen molar-refractivity contribution >= 4 is 28.5 Å². The second-order valence-electron chi connectivity index (χ2n) is 6.07. The maximum absolute atomic E-state index is 11.7. The number of nitrogens with two attached hydrogens (primary N) is 1. The van der Waals surface area contributed by atoms with E-state index in [1.54, 1.807) is 6.20 Å². The minimum atomic E-state index is -0.514. The summed E-state index contributed by atoms with van der Waals surface area (Å²) < 4.78 is 0. The molecule has 2 atom stereocenters. The Balaban J connectivity index is 1.82. The number of primary amides is 1. The first-order valence-corrected chi connectivity index (χ1v) is 8.04. The van der Waals surface area contributed by atoms with Crippen LogP contribution in [0.3, 0.4) is 0 Å². The highest BCUT2D eigenvalue weighted by Gasteiger charge is 2.24. The fraction of sp³-hybridized carbons (Fsp3) is 0.353. The van der Waals surface area contributed by atoms with Gasteiger partial charge in [-0.05, 0) is 37.8 Å². The highest BCUT2D eigenvalue weighted by atomic mass is 16.1. The van der Waals surface area contributed by atoms with Gasteiger partial charge in [0.25, 0.3) is 5.91 Å². The lowest BCUT2D eigenvalue weighted by Crippen LogP contribution is -2.41. The van der Waals surface area contributed by atoms with Crippen molar-refractivity contribution in [3.8, 4) is 0 Å². The van der Waals surface area contributed by atoms with Crippen molar-refractivity contribution in [3.05, 3.63) is 36.7 Å². The summed E-state index contributed by atoms with van der Waals surface area (Å²) in [7, 11) is 0. The molecular weight excluding hydrogens is 306 g/mol. The summed E-state index contributed by atoms with van der Waals surface area (Å²) in [5, 5.41) is 7.23. The number of nitrogens with one attached hydrogen (secondary N) is 3. The van der Waals surface area contributed by atoms with E-state index in [1.807, 2.05) is 6.07 Å². The number of pyridine rings is 1. The van der Waals surface area contributed by atoms with Crippen LogP contribution in [0.15, 0.2) is 31.1 Å². The number of nitrogens with zero attached hydrogens (tertiary/aromatic N) is 1. The van der Waals surface area contributed by atoms with E-state index in [2.05, 4.69) is 27.2 Å². The Kier molecular flexibility index (Phi) is 4.50. The Morgan fingerprint density at radius 2 is 2.17 bits per heavy atom. The molecule has 2 unspecified atom stereocenters. The van der Waals surface area contributed by atoms with Crippen molar-refractivity contribution in [1.29, 1.82) is 0 Å². The molecule has 0 bridgehead atoms. The molecule has 2 aromatic heterocycles. The molecule has 126 valence electrons. The number of aromatic nitrogens is 2. The Morgan fingerprint density at radius 3 is 2.92 bits per heavy atom. The van der Waals surface area contributed by atoms with Crippen LogP contribution < -0.4 is 16.4 Å². The Labute approximate surface area is 139 Å². The van der Waals surface area contributed by atoms with Gasteiger partial charge in [-0.3, -0.25) is 9.59 Å². The van der Waals surface area contributed by atoms with E-state index in [0.717, 1.165) is 31.1 Å². The summed E-state index contributed by atoms with van der Waals surface area (Å²) >= 11 is 0. The van der Waals surface area contributed by atoms with Crippen LogP contribution in [-0.4, -0.2) is 33.9 Å². The van der Waals surface area contributed by atoms with Gasteiger partial charge in [0.15, 0.2) is 0 Å². The number of amides is 2. The molecule has 0 radical (unpaired) electrons. The first-order valence-electron chi connectivity index (χ1n) is 8.04. The molecule has 5 N–H and O–H groups in total. The maximum Gasteiger partial charge on any atom is 0.252 e. The van der Waals surface area contributed by atoms with Crippen LogP contribution in [0.2, 0.25) is 0 Å². The van der Waals surface area contributed by atoms with E-state index in [1.165, 1.54) is 12.3 Å². The van der Waals surface area contributed by atoms with Gasteiger partial charge >= 0.3 is 0 Å². The lowest BCUT2D eigenvalue weighted by molar-refractivity contribution is -0.117. The highest BCUT2D eigenvalue weighted by Crippen LogP contribution is 2.29. The van der Waals surface area contributed by atoms with Crippen LogP contribution in [0.1, 0.15) is 36.0 Å². The van der Waals surface area contributed by atoms with Crippen molar-refractivity contribution in [2.24, 2.45) is 5.73 Å². The zero-order valence-electron chi connectivity index (χ0n) is 13.3. The Morgan fingerprint density at radius 1 is 1.38 bits per heavy atom. The monoisotopic (exact) mass is 327 g/mol. The largest absolute Gasteiger partial charge is 0.381 e. The molecule has 3 rings (SSSR count). The van der Waals surface area contributed by atoms with E-state index in [-0.39, 0.29) is 18.0 Å². The van der Waals surface area contributed by atoms with E-state index in [9.17, 15) is 9.59 Å². The quantitative estimate of drug-likeness (QED) is 0.626. The third-order valence-electron chi connectivity index (χ3n) is 4.41. The third-order valence-corrected chi connectivity index (χ3v) is 4.41. The van der Waals surface area contributed by atoms with Crippen molar-refractivity contribution < 1.29 is 9.59 Å². The molecular formula is C17H21N5O2. The van der Waals surface area contributed by atoms with Gasteiger partial charge in [-0.15, -0.1) is 0 Å². The summed E-state index contributed by atoms with van der Waals surface area (Å²) in [6, 6.07) is 2.12. The SMILES string of the molecule is C=CC(=O)NC1CCCC(Nc2c(C(N)=O)cnc3[nH]ccc23)C1. The first-order chi connectivity index (χ1) is 11.6. The molecule has 0 spiro atoms. The van der Waals surface area contributed by atoms with Crippen LogP contribution in [0.5, 0.6) is 0 Å². The van der Waals surface area contributed by atoms with Gasteiger partial charge in [0.05, 0.1) is 11.3 Å². The van der Waals surface area contributed by atoms with E-state index in [0.29, 0.717) is 16.9 Å². The summed E-state index contributed by atoms with van der Waals surface area (Å²) in [6.07, 6.45) is 8.24. The average Bonchev–Trinajstić information content (AvgIpc) is 3.04. The molecule has 2 aromatic rings. The number of carbonyl (C=O) groups is 2. The molecule has 0 aromatic carbocycles. The fourth-order valence-corrected chi connectivity index (χ4v) is 3.27. The summed E-state index contributed by atoms with van der Waals surface area (Å²) in [5.41, 5.74) is 7.27. The zero-order valence-corrected chi connectivity index (χ0v) is 13.3. The molecule has 1 aliphatic rings. The molecule has 7 nitrogen and oxygen atoms in total. The molecule has 1 saturated carbocycles. The van der Waals surface area contributed by atoms with Crippen LogP contribution in [0.25, 0.3) is 11.0 Å². The average molecular weight is 327 g/mol. The summed E-state index contributed by atoms with van der Waals surface area (Å²) in [6.45, 7) is 3.48. The fourth-order valence-electron chi connectivity index (χ4n) is 3.27. The maximum atomic E-state index is 11.7. The normalized spacial score (nSPS) is 20.5. The van der Waals surface area contributed by atoms with Crippen molar-refractivity contribution in [2.45, 2.75) is 37.8 Å². The standard InChI is InChI=1S/C17H21N5O2/c1-2-14(23)21-10-4-3-5-11(8-10)22-15-12-6-7-19-17(12)20-9-13(15)16(18)24/h2,6-7,9-11H,1,3-5,8H2,(H2,18,24)(H,21,23)(H2,19,20,22). The zero-order chi connectivity index (χ0) is 17.1. The van der Waals surface area contributed by atoms with Gasteiger partial charge in [0.2, 0.25) is 5.91 Å². The number of carbonyl (C=O) groups excluding carboxylic acids is 2. The predicted octanol–water partition coefficient (Wildman–Crippen LogP) is 1.69. The van der Waals surface area contributed by atoms with Gasteiger partial charge < -0.3 is 21.4 Å². The summed E-state index contributed by atoms with van der Waals surface area (Å²) in [5.74, 6) is -0.671. The number of hydrogen-bond donors (Lipinski definition) is 4. The lowest BCUT2D eigenvalue weighted by Gasteiger charge is -2.31. The van der Waals surface area contributed by atoms with Gasteiger partial charge in [0.1, 0.15) is 5.65 Å². The number of anilines is 1. The van der Waals surface area contributed by atoms with Gasteiger partial charge in [-0.2, -0.15) is 0 Å². The smallest absolute Gasteiger partial charge is 0.252 e. The lowest BCUT2D eigenvalue weighted by atomic mass is 9.90. The number of hydrogen-bond acceptors (Lipinski definition) is 4. The molecule has 1 aliphatic carbocycles. The second kappa shape index (κ2) is 6.74. The van der Waals surface area contributed by atoms with Gasteiger partial charge in [-0.1, -0.05) is 6.58 Å². The Hall–Kier alpha value is -2.83. The minimum absolute atomic E-state index is 0.0994. The molecule has 2 amide bonds. The van der Waals surface area contributed by atoms with Crippen LogP contribution in [0.4, 0.5) is 5.69 Å². The Bertz CT molecular complexity index is 782. The molecule has 7 heteroatoms. The van der Waals surface area contributed by atoms with Gasteiger partial charge in [0, 0.05) is 29.9 Å². The van der Waals surface area contributed by atoms with Crippen LogP contribution >= 0.6 is 0 Å². The number of rotatable bonds is 5. The predicted molar refractivity (Wildman–Crippen MR) is 92.6 cm³/mol. The molecule has 24 heavy (non-hydrogen) atoms. The summed E-state index contributed by atoms with van der Waals surface area (Å²) in [4.78, 5) is 30.5. The number of aromatic amines is 1. The second-order valence-corrected chi connectivity index (χ2v) is 6.07. The molecule has 1 fully saturated rings. The van der Waals surface area contributed by atoms with E-state index in [4.69, 9.17) is 5.73 Å².